The Balaban J connectivity index is 1.29. The molecule has 0 aliphatic carbocycles. The highest BCUT2D eigenvalue weighted by Gasteiger charge is 2.20. The Morgan fingerprint density at radius 2 is 2.00 bits per heavy atom. The van der Waals surface area contributed by atoms with E-state index in [2.05, 4.69) is 46.7 Å². The van der Waals surface area contributed by atoms with Crippen molar-refractivity contribution in [2.45, 2.75) is 45.2 Å². The Kier molecular flexibility index (Phi) is 7.25. The van der Waals surface area contributed by atoms with E-state index in [1.807, 2.05) is 0 Å². The molecule has 0 bridgehead atoms. The lowest BCUT2D eigenvalue weighted by atomic mass is 10.0. The number of likely N-dealkylation sites (tertiary alicyclic amines) is 1. The van der Waals surface area contributed by atoms with Crippen LogP contribution in [-0.2, 0) is 11.3 Å². The van der Waals surface area contributed by atoms with Gasteiger partial charge in [0.15, 0.2) is 5.76 Å². The van der Waals surface area contributed by atoms with Crippen molar-refractivity contribution in [1.29, 1.82) is 0 Å². The fourth-order valence-corrected chi connectivity index (χ4v) is 3.55. The molecule has 1 aromatic heterocycles. The fraction of sp³-hybridized carbons (Fsp3) is 0.455. The molecule has 0 radical (unpaired) electrons. The molecule has 150 valence electrons. The Morgan fingerprint density at radius 3 is 2.71 bits per heavy atom. The number of hydrogen-bond acceptors (Lipinski definition) is 4. The SMILES string of the molecule is Cc1cccc(CN2CCC(NC(=O)CCCNC(=O)c3ccco3)CC2)c1. The van der Waals surface area contributed by atoms with E-state index >= 15 is 0 Å². The van der Waals surface area contributed by atoms with Gasteiger partial charge in [-0.25, -0.2) is 0 Å². The standard InChI is InChI=1S/C22H29N3O3/c1-17-5-2-6-18(15-17)16-25-12-9-19(10-13-25)24-21(26)8-3-11-23-22(27)20-7-4-14-28-20/h2,4-7,14-15,19H,3,8-13,16H2,1H3,(H,23,27)(H,24,26). The largest absolute Gasteiger partial charge is 0.459 e. The van der Waals surface area contributed by atoms with Crippen molar-refractivity contribution in [3.8, 4) is 0 Å². The third kappa shape index (κ3) is 6.23. The van der Waals surface area contributed by atoms with Crippen molar-refractivity contribution < 1.29 is 14.0 Å². The van der Waals surface area contributed by atoms with Crippen molar-refractivity contribution in [2.75, 3.05) is 19.6 Å². The van der Waals surface area contributed by atoms with E-state index in [-0.39, 0.29) is 17.9 Å². The van der Waals surface area contributed by atoms with Crippen molar-refractivity contribution >= 4 is 11.8 Å². The summed E-state index contributed by atoms with van der Waals surface area (Å²) in [5, 5.41) is 5.89. The molecule has 28 heavy (non-hydrogen) atoms. The number of carbonyl (C=O) groups excluding carboxylic acids is 2. The molecule has 2 aromatic rings. The minimum Gasteiger partial charge on any atom is -0.459 e. The van der Waals surface area contributed by atoms with Crippen LogP contribution in [0, 0.1) is 6.92 Å². The molecule has 3 rings (SSSR count). The van der Waals surface area contributed by atoms with E-state index in [1.165, 1.54) is 17.4 Å². The first kappa shape index (κ1) is 20.1. The maximum absolute atomic E-state index is 12.1. The number of furan rings is 1. The molecule has 0 spiro atoms. The summed E-state index contributed by atoms with van der Waals surface area (Å²) >= 11 is 0. The number of benzene rings is 1. The highest BCUT2D eigenvalue weighted by Crippen LogP contribution is 2.15. The van der Waals surface area contributed by atoms with Gasteiger partial charge in [0.05, 0.1) is 6.26 Å². The summed E-state index contributed by atoms with van der Waals surface area (Å²) in [6.07, 6.45) is 4.46. The third-order valence-corrected chi connectivity index (χ3v) is 5.05. The van der Waals surface area contributed by atoms with E-state index in [0.717, 1.165) is 32.5 Å². The Hall–Kier alpha value is -2.60. The summed E-state index contributed by atoms with van der Waals surface area (Å²) in [5.41, 5.74) is 2.64. The second-order valence-electron chi connectivity index (χ2n) is 7.44. The summed E-state index contributed by atoms with van der Waals surface area (Å²) in [6, 6.07) is 12.2. The van der Waals surface area contributed by atoms with Gasteiger partial charge in [-0.1, -0.05) is 29.8 Å². The Bertz CT molecular complexity index is 765. The lowest BCUT2D eigenvalue weighted by Gasteiger charge is -2.32. The molecule has 6 nitrogen and oxygen atoms in total. The lowest BCUT2D eigenvalue weighted by Crippen LogP contribution is -2.44. The van der Waals surface area contributed by atoms with Crippen LogP contribution in [0.25, 0.3) is 0 Å². The van der Waals surface area contributed by atoms with Crippen LogP contribution in [0.15, 0.2) is 47.1 Å². The highest BCUT2D eigenvalue weighted by atomic mass is 16.3. The van der Waals surface area contributed by atoms with Gasteiger partial charge >= 0.3 is 0 Å². The minimum absolute atomic E-state index is 0.0596. The van der Waals surface area contributed by atoms with Crippen LogP contribution in [0.1, 0.15) is 47.4 Å². The highest BCUT2D eigenvalue weighted by molar-refractivity contribution is 5.91. The van der Waals surface area contributed by atoms with E-state index in [9.17, 15) is 9.59 Å². The molecular weight excluding hydrogens is 354 g/mol. The van der Waals surface area contributed by atoms with Crippen molar-refractivity contribution in [1.82, 2.24) is 15.5 Å². The summed E-state index contributed by atoms with van der Waals surface area (Å²) < 4.78 is 5.03. The number of rotatable bonds is 8. The molecule has 1 aromatic carbocycles. The number of piperidine rings is 1. The first-order chi connectivity index (χ1) is 13.6. The van der Waals surface area contributed by atoms with Crippen LogP contribution in [0.4, 0.5) is 0 Å². The summed E-state index contributed by atoms with van der Waals surface area (Å²) in [5.74, 6) is 0.109. The summed E-state index contributed by atoms with van der Waals surface area (Å²) in [4.78, 5) is 26.3. The molecule has 0 atom stereocenters. The number of nitrogens with one attached hydrogen (secondary N) is 2. The average Bonchev–Trinajstić information content (AvgIpc) is 3.22. The second-order valence-corrected chi connectivity index (χ2v) is 7.44. The maximum atomic E-state index is 12.1. The molecule has 0 saturated carbocycles. The van der Waals surface area contributed by atoms with Gasteiger partial charge in [-0.05, 0) is 43.9 Å². The van der Waals surface area contributed by atoms with Crippen molar-refractivity contribution in [3.05, 3.63) is 59.5 Å². The average molecular weight is 383 g/mol. The topological polar surface area (TPSA) is 74.6 Å². The van der Waals surface area contributed by atoms with Crippen LogP contribution < -0.4 is 10.6 Å². The van der Waals surface area contributed by atoms with Crippen LogP contribution in [0.2, 0.25) is 0 Å². The van der Waals surface area contributed by atoms with Gasteiger partial charge in [0.25, 0.3) is 5.91 Å². The minimum atomic E-state index is -0.244. The van der Waals surface area contributed by atoms with Crippen LogP contribution in [0.5, 0.6) is 0 Å². The van der Waals surface area contributed by atoms with Gasteiger partial charge in [0, 0.05) is 38.6 Å². The third-order valence-electron chi connectivity index (χ3n) is 5.05. The zero-order valence-corrected chi connectivity index (χ0v) is 16.4. The van der Waals surface area contributed by atoms with Gasteiger partial charge in [-0.2, -0.15) is 0 Å². The molecule has 1 saturated heterocycles. The first-order valence-electron chi connectivity index (χ1n) is 9.99. The van der Waals surface area contributed by atoms with Gasteiger partial charge in [-0.3, -0.25) is 14.5 Å². The zero-order valence-electron chi connectivity index (χ0n) is 16.4. The molecule has 2 N–H and O–H groups in total. The van der Waals surface area contributed by atoms with E-state index < -0.39 is 0 Å². The normalized spacial score (nSPS) is 15.3. The van der Waals surface area contributed by atoms with Gasteiger partial charge in [-0.15, -0.1) is 0 Å². The van der Waals surface area contributed by atoms with Crippen molar-refractivity contribution in [3.63, 3.8) is 0 Å². The smallest absolute Gasteiger partial charge is 0.286 e. The fourth-order valence-electron chi connectivity index (χ4n) is 3.55. The molecule has 2 amide bonds. The first-order valence-corrected chi connectivity index (χ1v) is 9.99. The molecule has 2 heterocycles. The van der Waals surface area contributed by atoms with Gasteiger partial charge in [0.2, 0.25) is 5.91 Å². The molecular formula is C22H29N3O3. The predicted molar refractivity (Wildman–Crippen MR) is 108 cm³/mol. The van der Waals surface area contributed by atoms with Gasteiger partial charge < -0.3 is 15.1 Å². The molecule has 6 heteroatoms. The summed E-state index contributed by atoms with van der Waals surface area (Å²) in [7, 11) is 0. The number of hydrogen-bond donors (Lipinski definition) is 2. The monoisotopic (exact) mass is 383 g/mol. The number of carbonyl (C=O) groups is 2. The number of aryl methyl sites for hydroxylation is 1. The Morgan fingerprint density at radius 1 is 1.18 bits per heavy atom. The van der Waals surface area contributed by atoms with E-state index in [4.69, 9.17) is 4.42 Å². The quantitative estimate of drug-likeness (QED) is 0.688. The van der Waals surface area contributed by atoms with E-state index in [0.29, 0.717) is 25.1 Å². The predicted octanol–water partition coefficient (Wildman–Crippen LogP) is 2.88. The summed E-state index contributed by atoms with van der Waals surface area (Å²) in [6.45, 7) is 5.55. The van der Waals surface area contributed by atoms with Crippen molar-refractivity contribution in [2.24, 2.45) is 0 Å². The van der Waals surface area contributed by atoms with Crippen LogP contribution in [0.3, 0.4) is 0 Å². The lowest BCUT2D eigenvalue weighted by molar-refractivity contribution is -0.122. The molecule has 0 unspecified atom stereocenters. The van der Waals surface area contributed by atoms with Gasteiger partial charge in [0.1, 0.15) is 0 Å². The Labute approximate surface area is 166 Å². The van der Waals surface area contributed by atoms with E-state index in [1.54, 1.807) is 12.1 Å². The maximum Gasteiger partial charge on any atom is 0.286 e. The number of amides is 2. The van der Waals surface area contributed by atoms with Crippen LogP contribution in [-0.4, -0.2) is 42.4 Å². The zero-order chi connectivity index (χ0) is 19.8. The number of nitrogens with zero attached hydrogens (tertiary/aromatic N) is 1. The second kappa shape index (κ2) is 10.1. The molecule has 1 fully saturated rings. The molecule has 1 aliphatic heterocycles. The van der Waals surface area contributed by atoms with Crippen LogP contribution >= 0.6 is 0 Å². The molecule has 1 aliphatic rings.